The van der Waals surface area contributed by atoms with Gasteiger partial charge in [-0.25, -0.2) is 4.98 Å². The Bertz CT molecular complexity index is 612. The Balaban J connectivity index is 1.71. The van der Waals surface area contributed by atoms with Crippen LogP contribution < -0.4 is 16.0 Å². The van der Waals surface area contributed by atoms with Crippen LogP contribution >= 0.6 is 0 Å². The van der Waals surface area contributed by atoms with Crippen molar-refractivity contribution in [2.24, 2.45) is 11.7 Å². The second-order valence-corrected chi connectivity index (χ2v) is 5.20. The van der Waals surface area contributed by atoms with Crippen LogP contribution in [-0.4, -0.2) is 24.0 Å². The lowest BCUT2D eigenvalue weighted by atomic mass is 10.1. The van der Waals surface area contributed by atoms with Crippen LogP contribution in [0.4, 0.5) is 17.2 Å². The normalized spacial score (nSPS) is 18.0. The van der Waals surface area contributed by atoms with Crippen molar-refractivity contribution in [2.75, 3.05) is 23.3 Å². The lowest BCUT2D eigenvalue weighted by molar-refractivity contribution is -0.117. The minimum Gasteiger partial charge on any atom is -0.340 e. The van der Waals surface area contributed by atoms with E-state index in [2.05, 4.69) is 10.3 Å². The Morgan fingerprint density at radius 1 is 1.24 bits per heavy atom. The number of amides is 1. The molecule has 0 radical (unpaired) electrons. The fourth-order valence-corrected chi connectivity index (χ4v) is 2.48. The molecule has 0 saturated carbocycles. The molecular formula is C16H18N4O. The summed E-state index contributed by atoms with van der Waals surface area (Å²) in [6.45, 7) is 1.23. The largest absolute Gasteiger partial charge is 0.340 e. The van der Waals surface area contributed by atoms with Gasteiger partial charge in [-0.2, -0.15) is 0 Å². The van der Waals surface area contributed by atoms with Crippen LogP contribution in [0.3, 0.4) is 0 Å². The van der Waals surface area contributed by atoms with Crippen LogP contribution in [0.25, 0.3) is 0 Å². The molecular weight excluding hydrogens is 264 g/mol. The Hall–Kier alpha value is -2.40. The standard InChI is InChI=1S/C16H18N4O/c17-9-12-8-16(21)20(11-12)14-6-7-15(18-10-14)19-13-4-2-1-3-5-13/h1-7,10,12H,8-9,11,17H2,(H,18,19). The van der Waals surface area contributed by atoms with E-state index in [4.69, 9.17) is 5.73 Å². The number of nitrogens with one attached hydrogen (secondary N) is 1. The summed E-state index contributed by atoms with van der Waals surface area (Å²) in [6, 6.07) is 13.6. The minimum atomic E-state index is 0.121. The van der Waals surface area contributed by atoms with Crippen LogP contribution in [0.1, 0.15) is 6.42 Å². The summed E-state index contributed by atoms with van der Waals surface area (Å²) in [4.78, 5) is 18.1. The van der Waals surface area contributed by atoms with Crippen LogP contribution in [0.2, 0.25) is 0 Å². The van der Waals surface area contributed by atoms with Crippen LogP contribution in [-0.2, 0) is 4.79 Å². The van der Waals surface area contributed by atoms with Crippen LogP contribution in [0.5, 0.6) is 0 Å². The Morgan fingerprint density at radius 2 is 2.05 bits per heavy atom. The summed E-state index contributed by atoms with van der Waals surface area (Å²) >= 11 is 0. The number of carbonyl (C=O) groups is 1. The van der Waals surface area contributed by atoms with Gasteiger partial charge < -0.3 is 16.0 Å². The molecule has 1 saturated heterocycles. The number of hydrogen-bond acceptors (Lipinski definition) is 4. The maximum absolute atomic E-state index is 11.9. The van der Waals surface area contributed by atoms with E-state index >= 15 is 0 Å². The molecule has 3 rings (SSSR count). The molecule has 2 heterocycles. The first kappa shape index (κ1) is 13.6. The van der Waals surface area contributed by atoms with Gasteiger partial charge in [-0.3, -0.25) is 4.79 Å². The number of carbonyl (C=O) groups excluding carboxylic acids is 1. The minimum absolute atomic E-state index is 0.121. The van der Waals surface area contributed by atoms with Gasteiger partial charge in [0.25, 0.3) is 0 Å². The summed E-state index contributed by atoms with van der Waals surface area (Å²) in [5.74, 6) is 1.13. The van der Waals surface area contributed by atoms with Crippen molar-refractivity contribution >= 4 is 23.1 Å². The van der Waals surface area contributed by atoms with E-state index in [0.717, 1.165) is 17.2 Å². The van der Waals surface area contributed by atoms with Crippen LogP contribution in [0.15, 0.2) is 48.7 Å². The highest BCUT2D eigenvalue weighted by Crippen LogP contribution is 2.25. The summed E-state index contributed by atoms with van der Waals surface area (Å²) < 4.78 is 0. The number of benzene rings is 1. The van der Waals surface area contributed by atoms with E-state index in [-0.39, 0.29) is 11.8 Å². The molecule has 0 spiro atoms. The molecule has 1 amide bonds. The number of para-hydroxylation sites is 1. The molecule has 108 valence electrons. The van der Waals surface area contributed by atoms with E-state index < -0.39 is 0 Å². The van der Waals surface area contributed by atoms with Gasteiger partial charge in [0.05, 0.1) is 11.9 Å². The van der Waals surface area contributed by atoms with Gasteiger partial charge in [-0.15, -0.1) is 0 Å². The summed E-state index contributed by atoms with van der Waals surface area (Å²) in [7, 11) is 0. The highest BCUT2D eigenvalue weighted by molar-refractivity contribution is 5.95. The van der Waals surface area contributed by atoms with Crippen molar-refractivity contribution < 1.29 is 4.79 Å². The molecule has 1 aromatic carbocycles. The zero-order valence-corrected chi connectivity index (χ0v) is 11.7. The average molecular weight is 282 g/mol. The maximum Gasteiger partial charge on any atom is 0.227 e. The van der Waals surface area contributed by atoms with E-state index in [9.17, 15) is 4.79 Å². The monoisotopic (exact) mass is 282 g/mol. The number of nitrogens with zero attached hydrogens (tertiary/aromatic N) is 2. The Morgan fingerprint density at radius 3 is 2.67 bits per heavy atom. The molecule has 2 aromatic rings. The topological polar surface area (TPSA) is 71.2 Å². The van der Waals surface area contributed by atoms with Crippen molar-refractivity contribution in [3.63, 3.8) is 0 Å². The third-order valence-corrected chi connectivity index (χ3v) is 3.64. The molecule has 1 aliphatic heterocycles. The third-order valence-electron chi connectivity index (χ3n) is 3.64. The molecule has 21 heavy (non-hydrogen) atoms. The summed E-state index contributed by atoms with van der Waals surface area (Å²) in [5.41, 5.74) is 7.45. The lowest BCUT2D eigenvalue weighted by Crippen LogP contribution is -2.25. The zero-order valence-electron chi connectivity index (χ0n) is 11.7. The molecule has 1 fully saturated rings. The molecule has 1 aliphatic rings. The molecule has 1 unspecified atom stereocenters. The SMILES string of the molecule is NCC1CC(=O)N(c2ccc(Nc3ccccc3)nc2)C1. The van der Waals surface area contributed by atoms with Gasteiger partial charge >= 0.3 is 0 Å². The smallest absolute Gasteiger partial charge is 0.227 e. The van der Waals surface area contributed by atoms with Gasteiger partial charge in [0, 0.05) is 18.7 Å². The van der Waals surface area contributed by atoms with Gasteiger partial charge in [0.1, 0.15) is 5.82 Å². The number of hydrogen-bond donors (Lipinski definition) is 2. The highest BCUT2D eigenvalue weighted by Gasteiger charge is 2.29. The summed E-state index contributed by atoms with van der Waals surface area (Å²) in [5, 5.41) is 3.22. The zero-order chi connectivity index (χ0) is 14.7. The van der Waals surface area contributed by atoms with E-state index in [1.54, 1.807) is 11.1 Å². The molecule has 5 heteroatoms. The molecule has 0 bridgehead atoms. The third kappa shape index (κ3) is 3.03. The first-order valence-corrected chi connectivity index (χ1v) is 7.05. The second kappa shape index (κ2) is 5.93. The molecule has 1 atom stereocenters. The van der Waals surface area contributed by atoms with E-state index in [1.807, 2.05) is 42.5 Å². The number of pyridine rings is 1. The van der Waals surface area contributed by atoms with Gasteiger partial charge in [-0.1, -0.05) is 18.2 Å². The van der Waals surface area contributed by atoms with Crippen LogP contribution in [0, 0.1) is 5.92 Å². The lowest BCUT2D eigenvalue weighted by Gasteiger charge is -2.16. The number of rotatable bonds is 4. The molecule has 0 aliphatic carbocycles. The van der Waals surface area contributed by atoms with E-state index in [0.29, 0.717) is 19.5 Å². The summed E-state index contributed by atoms with van der Waals surface area (Å²) in [6.07, 6.45) is 2.25. The average Bonchev–Trinajstić information content (AvgIpc) is 2.90. The molecule has 3 N–H and O–H groups in total. The maximum atomic E-state index is 11.9. The van der Waals surface area contributed by atoms with Crippen molar-refractivity contribution in [2.45, 2.75) is 6.42 Å². The fourth-order valence-electron chi connectivity index (χ4n) is 2.48. The van der Waals surface area contributed by atoms with Gasteiger partial charge in [0.15, 0.2) is 0 Å². The second-order valence-electron chi connectivity index (χ2n) is 5.20. The highest BCUT2D eigenvalue weighted by atomic mass is 16.2. The Labute approximate surface area is 123 Å². The number of aromatic nitrogens is 1. The van der Waals surface area contributed by atoms with Crippen molar-refractivity contribution in [1.29, 1.82) is 0 Å². The molecule has 1 aromatic heterocycles. The predicted octanol–water partition coefficient (Wildman–Crippen LogP) is 2.14. The molecule has 5 nitrogen and oxygen atoms in total. The Kier molecular flexibility index (Phi) is 3.83. The van der Waals surface area contributed by atoms with E-state index in [1.165, 1.54) is 0 Å². The first-order chi connectivity index (χ1) is 10.3. The first-order valence-electron chi connectivity index (χ1n) is 7.05. The predicted molar refractivity (Wildman–Crippen MR) is 83.5 cm³/mol. The van der Waals surface area contributed by atoms with Crippen molar-refractivity contribution in [1.82, 2.24) is 4.98 Å². The van der Waals surface area contributed by atoms with Crippen molar-refractivity contribution in [3.8, 4) is 0 Å². The fraction of sp³-hybridized carbons (Fsp3) is 0.250. The number of anilines is 3. The van der Waals surface area contributed by atoms with Crippen molar-refractivity contribution in [3.05, 3.63) is 48.7 Å². The number of nitrogens with two attached hydrogens (primary N) is 1. The quantitative estimate of drug-likeness (QED) is 0.901. The van der Waals surface area contributed by atoms with Gasteiger partial charge in [0.2, 0.25) is 5.91 Å². The van der Waals surface area contributed by atoms with Gasteiger partial charge in [-0.05, 0) is 36.7 Å².